The maximum atomic E-state index is 13.9. The van der Waals surface area contributed by atoms with Crippen LogP contribution in [0.1, 0.15) is 57.3 Å². The minimum Gasteiger partial charge on any atom is -0.451 e. The molecule has 4 aromatic rings. The molecule has 1 aromatic heterocycles. The first kappa shape index (κ1) is 30.1. The van der Waals surface area contributed by atoms with Crippen molar-refractivity contribution in [2.75, 3.05) is 37.6 Å². The molecule has 3 aliphatic rings. The van der Waals surface area contributed by atoms with Gasteiger partial charge in [0.25, 0.3) is 5.91 Å². The summed E-state index contributed by atoms with van der Waals surface area (Å²) in [6.07, 6.45) is 4.30. The van der Waals surface area contributed by atoms with Gasteiger partial charge in [0.2, 0.25) is 5.43 Å². The lowest BCUT2D eigenvalue weighted by atomic mass is 10.0. The van der Waals surface area contributed by atoms with Gasteiger partial charge in [-0.2, -0.15) is 0 Å². The van der Waals surface area contributed by atoms with E-state index >= 15 is 0 Å². The highest BCUT2D eigenvalue weighted by molar-refractivity contribution is 6.02. The third-order valence-corrected chi connectivity index (χ3v) is 9.27. The summed E-state index contributed by atoms with van der Waals surface area (Å²) in [6, 6.07) is 16.2. The molecule has 0 saturated carbocycles. The van der Waals surface area contributed by atoms with Crippen LogP contribution in [0.25, 0.3) is 27.4 Å². The maximum absolute atomic E-state index is 13.9. The topological polar surface area (TPSA) is 105 Å². The van der Waals surface area contributed by atoms with E-state index < -0.39 is 11.7 Å². The number of likely N-dealkylation sites (tertiary alicyclic amines) is 1. The number of pyridine rings is 1. The van der Waals surface area contributed by atoms with Gasteiger partial charge < -0.3 is 29.6 Å². The van der Waals surface area contributed by atoms with Gasteiger partial charge in [-0.25, -0.2) is 4.79 Å². The van der Waals surface area contributed by atoms with Crippen molar-refractivity contribution in [2.24, 2.45) is 0 Å². The van der Waals surface area contributed by atoms with Crippen LogP contribution in [0.5, 0.6) is 11.5 Å². The van der Waals surface area contributed by atoms with Gasteiger partial charge in [-0.05, 0) is 88.5 Å². The van der Waals surface area contributed by atoms with Crippen LogP contribution in [-0.2, 0) is 4.74 Å². The van der Waals surface area contributed by atoms with E-state index in [4.69, 9.17) is 9.47 Å². The number of rotatable bonds is 6. The van der Waals surface area contributed by atoms with Crippen molar-refractivity contribution >= 4 is 39.4 Å². The Morgan fingerprint density at radius 3 is 2.54 bits per heavy atom. The van der Waals surface area contributed by atoms with Crippen LogP contribution in [0.3, 0.4) is 0 Å². The van der Waals surface area contributed by atoms with Gasteiger partial charge in [-0.3, -0.25) is 14.5 Å². The van der Waals surface area contributed by atoms with Crippen LogP contribution >= 0.6 is 0 Å². The van der Waals surface area contributed by atoms with E-state index in [2.05, 4.69) is 27.4 Å². The quantitative estimate of drug-likeness (QED) is 0.255. The Kier molecular flexibility index (Phi) is 7.63. The van der Waals surface area contributed by atoms with Crippen LogP contribution in [0.4, 0.5) is 10.5 Å². The molecule has 2 saturated heterocycles. The fourth-order valence-electron chi connectivity index (χ4n) is 6.97. The van der Waals surface area contributed by atoms with Crippen LogP contribution in [0.15, 0.2) is 59.5 Å². The molecule has 0 bridgehead atoms. The van der Waals surface area contributed by atoms with E-state index in [1.807, 2.05) is 67.8 Å². The second-order valence-corrected chi connectivity index (χ2v) is 13.7. The van der Waals surface area contributed by atoms with E-state index in [0.29, 0.717) is 48.1 Å². The number of nitrogens with zero attached hydrogens (tertiary/aromatic N) is 3. The highest BCUT2D eigenvalue weighted by atomic mass is 16.6. The first-order chi connectivity index (χ1) is 22.1. The van der Waals surface area contributed by atoms with E-state index in [-0.39, 0.29) is 22.9 Å². The summed E-state index contributed by atoms with van der Waals surface area (Å²) in [5.74, 6) is 0.823. The number of alkyl carbamates (subject to hydrolysis) is 1. The van der Waals surface area contributed by atoms with E-state index in [1.54, 1.807) is 12.3 Å². The summed E-state index contributed by atoms with van der Waals surface area (Å²) in [6.45, 7) is 11.3. The Morgan fingerprint density at radius 1 is 1.02 bits per heavy atom. The molecule has 2 N–H and O–H groups in total. The van der Waals surface area contributed by atoms with Gasteiger partial charge in [-0.1, -0.05) is 24.3 Å². The lowest BCUT2D eigenvalue weighted by Crippen LogP contribution is -2.40. The number of fused-ring (bicyclic) bond motifs is 3. The zero-order valence-corrected chi connectivity index (χ0v) is 26.9. The molecule has 240 valence electrons. The van der Waals surface area contributed by atoms with Crippen molar-refractivity contribution in [3.05, 3.63) is 70.5 Å². The minimum absolute atomic E-state index is 0.101. The molecule has 2 amide bonds. The molecule has 4 heterocycles. The van der Waals surface area contributed by atoms with E-state index in [0.717, 1.165) is 41.7 Å². The second-order valence-electron chi connectivity index (χ2n) is 13.7. The van der Waals surface area contributed by atoms with Crippen LogP contribution in [0, 0.1) is 0 Å². The Labute approximate surface area is 268 Å². The lowest BCUT2D eigenvalue weighted by molar-refractivity contribution is 0.0508. The van der Waals surface area contributed by atoms with Crippen LogP contribution in [0.2, 0.25) is 0 Å². The smallest absolute Gasteiger partial charge is 0.407 e. The first-order valence-electron chi connectivity index (χ1n) is 16.3. The van der Waals surface area contributed by atoms with Gasteiger partial charge >= 0.3 is 6.09 Å². The number of aromatic nitrogens is 1. The molecule has 3 aliphatic heterocycles. The van der Waals surface area contributed by atoms with E-state index in [9.17, 15) is 14.4 Å². The standard InChI is InChI=1S/C36H41N5O5/c1-22-8-7-15-39(22)17-14-37-34(43)27-21-41-29-18-23-9-5-6-10-24(23)19-30(29)45-33-28(12-11-26(31(33)41)32(27)42)40-16-13-25(20-40)38-35(44)46-36(2,3)4/h5-6,9-12,18-19,21-22,25H,7-8,13-17,20H2,1-4H3,(H,37,43)(H,38,44). The number of nitrogens with one attached hydrogen (secondary N) is 2. The highest BCUT2D eigenvalue weighted by Crippen LogP contribution is 2.46. The number of hydrogen-bond donors (Lipinski definition) is 2. The van der Waals surface area contributed by atoms with Gasteiger partial charge in [-0.15, -0.1) is 0 Å². The SMILES string of the molecule is CC1CCCN1CCNC(=O)c1cn2c3c(c(N4CCC(NC(=O)OC(C)(C)C)C4)ccc3c1=O)Oc1cc3ccccc3cc1-2. The lowest BCUT2D eigenvalue weighted by Gasteiger charge is -2.29. The third-order valence-electron chi connectivity index (χ3n) is 9.27. The summed E-state index contributed by atoms with van der Waals surface area (Å²) in [5.41, 5.74) is 1.40. The maximum Gasteiger partial charge on any atom is 0.407 e. The third kappa shape index (κ3) is 5.66. The summed E-state index contributed by atoms with van der Waals surface area (Å²) < 4.78 is 14.1. The zero-order valence-electron chi connectivity index (χ0n) is 26.9. The Bertz CT molecular complexity index is 1910. The molecule has 0 spiro atoms. The predicted octanol–water partition coefficient (Wildman–Crippen LogP) is 5.57. The van der Waals surface area contributed by atoms with Gasteiger partial charge in [0, 0.05) is 38.4 Å². The van der Waals surface area contributed by atoms with Crippen molar-refractivity contribution in [3.8, 4) is 17.2 Å². The van der Waals surface area contributed by atoms with Gasteiger partial charge in [0.05, 0.1) is 22.8 Å². The normalized spacial score (nSPS) is 19.3. The first-order valence-corrected chi connectivity index (χ1v) is 16.3. The van der Waals surface area contributed by atoms with Crippen molar-refractivity contribution in [1.29, 1.82) is 0 Å². The Morgan fingerprint density at radius 2 is 1.80 bits per heavy atom. The number of ether oxygens (including phenoxy) is 2. The Hall–Kier alpha value is -4.57. The number of amides is 2. The fraction of sp³-hybridized carbons (Fsp3) is 0.417. The largest absolute Gasteiger partial charge is 0.451 e. The molecule has 3 aromatic carbocycles. The number of hydrogen-bond acceptors (Lipinski definition) is 7. The van der Waals surface area contributed by atoms with Gasteiger partial charge in [0.15, 0.2) is 11.5 Å². The van der Waals surface area contributed by atoms with Crippen LogP contribution < -0.4 is 25.7 Å². The zero-order chi connectivity index (χ0) is 32.2. The fourth-order valence-corrected chi connectivity index (χ4v) is 6.97. The number of benzene rings is 3. The van der Waals surface area contributed by atoms with Crippen LogP contribution in [-0.4, -0.2) is 71.9 Å². The van der Waals surface area contributed by atoms with Crippen molar-refractivity contribution in [2.45, 2.75) is 64.6 Å². The number of anilines is 1. The summed E-state index contributed by atoms with van der Waals surface area (Å²) in [5, 5.41) is 8.46. The summed E-state index contributed by atoms with van der Waals surface area (Å²) >= 11 is 0. The summed E-state index contributed by atoms with van der Waals surface area (Å²) in [4.78, 5) is 44.4. The van der Waals surface area contributed by atoms with E-state index in [1.165, 1.54) is 12.8 Å². The second kappa shape index (κ2) is 11.7. The molecular weight excluding hydrogens is 582 g/mol. The van der Waals surface area contributed by atoms with Crippen molar-refractivity contribution in [3.63, 3.8) is 0 Å². The molecule has 2 unspecified atom stereocenters. The van der Waals surface area contributed by atoms with Crippen molar-refractivity contribution < 1.29 is 19.1 Å². The Balaban J connectivity index is 1.25. The molecule has 2 fully saturated rings. The number of carbonyl (C=O) groups is 2. The highest BCUT2D eigenvalue weighted by Gasteiger charge is 2.32. The van der Waals surface area contributed by atoms with Crippen molar-refractivity contribution in [1.82, 2.24) is 20.1 Å². The monoisotopic (exact) mass is 623 g/mol. The molecule has 2 atom stereocenters. The predicted molar refractivity (Wildman–Crippen MR) is 180 cm³/mol. The molecule has 7 rings (SSSR count). The van der Waals surface area contributed by atoms with Gasteiger partial charge in [0.1, 0.15) is 16.7 Å². The molecule has 0 radical (unpaired) electrons. The molecule has 10 nitrogen and oxygen atoms in total. The molecule has 10 heteroatoms. The minimum atomic E-state index is -0.581. The molecule has 0 aliphatic carbocycles. The summed E-state index contributed by atoms with van der Waals surface area (Å²) in [7, 11) is 0. The average Bonchev–Trinajstić information content (AvgIpc) is 3.64. The molecule has 46 heavy (non-hydrogen) atoms. The average molecular weight is 624 g/mol. The number of carbonyl (C=O) groups excluding carboxylic acids is 2. The molecular formula is C36H41N5O5.